The van der Waals surface area contributed by atoms with Crippen LogP contribution in [0.3, 0.4) is 0 Å². The standard InChI is InChI=1S/C24H31N5O4/c1-27(2)13-7-12-25-23(32)22-18(15-30)17-14-28-19(10-6-11-20(28)31)21(17)29(22)24(33)26-16-8-4-3-5-9-16/h3-6,8-11,17-18,21-22,30H,7,12-15H2,1-2H3,(H,25,32)(H,26,33)/t17-,18-,21+,22-/m0/s1. The van der Waals surface area contributed by atoms with Gasteiger partial charge in [-0.1, -0.05) is 24.3 Å². The quantitative estimate of drug-likeness (QED) is 0.545. The van der Waals surface area contributed by atoms with Crippen molar-refractivity contribution < 1.29 is 14.7 Å². The Balaban J connectivity index is 1.65. The summed E-state index contributed by atoms with van der Waals surface area (Å²) in [5, 5.41) is 16.1. The van der Waals surface area contributed by atoms with Crippen LogP contribution in [0, 0.1) is 11.8 Å². The largest absolute Gasteiger partial charge is 0.396 e. The number of hydrogen-bond donors (Lipinski definition) is 3. The Morgan fingerprint density at radius 2 is 1.88 bits per heavy atom. The normalized spacial score (nSPS) is 23.3. The average molecular weight is 454 g/mol. The Labute approximate surface area is 193 Å². The summed E-state index contributed by atoms with van der Waals surface area (Å²) < 4.78 is 1.64. The van der Waals surface area contributed by atoms with Gasteiger partial charge in [0.25, 0.3) is 5.56 Å². The second-order valence-corrected chi connectivity index (χ2v) is 8.95. The minimum absolute atomic E-state index is 0.147. The zero-order chi connectivity index (χ0) is 23.5. The van der Waals surface area contributed by atoms with Crippen LogP contribution in [0.15, 0.2) is 53.3 Å². The highest BCUT2D eigenvalue weighted by molar-refractivity contribution is 5.95. The molecular weight excluding hydrogens is 422 g/mol. The number of aromatic nitrogens is 1. The Bertz CT molecular complexity index is 1050. The second-order valence-electron chi connectivity index (χ2n) is 8.95. The number of aliphatic hydroxyl groups is 1. The zero-order valence-electron chi connectivity index (χ0n) is 19.0. The highest BCUT2D eigenvalue weighted by Gasteiger charge is 2.57. The van der Waals surface area contributed by atoms with Gasteiger partial charge in [0.15, 0.2) is 0 Å². The molecule has 1 saturated heterocycles. The van der Waals surface area contributed by atoms with Gasteiger partial charge in [-0.25, -0.2) is 4.79 Å². The van der Waals surface area contributed by atoms with Crippen molar-refractivity contribution in [3.05, 3.63) is 64.6 Å². The Hall–Kier alpha value is -3.17. The summed E-state index contributed by atoms with van der Waals surface area (Å²) in [6.07, 6.45) is 0.774. The summed E-state index contributed by atoms with van der Waals surface area (Å²) in [5.74, 6) is -0.996. The molecule has 0 spiro atoms. The molecular formula is C24H31N5O4. The molecule has 3 heterocycles. The molecule has 0 radical (unpaired) electrons. The molecule has 0 saturated carbocycles. The van der Waals surface area contributed by atoms with E-state index in [1.165, 1.54) is 11.0 Å². The highest BCUT2D eigenvalue weighted by Crippen LogP contribution is 2.49. The van der Waals surface area contributed by atoms with Crippen LogP contribution < -0.4 is 16.2 Å². The Morgan fingerprint density at radius 3 is 2.58 bits per heavy atom. The van der Waals surface area contributed by atoms with E-state index >= 15 is 0 Å². The lowest BCUT2D eigenvalue weighted by Gasteiger charge is -2.31. The fraction of sp³-hybridized carbons (Fsp3) is 0.458. The molecule has 1 aromatic carbocycles. The van der Waals surface area contributed by atoms with Crippen LogP contribution in [-0.4, -0.2) is 71.2 Å². The minimum atomic E-state index is -0.836. The van der Waals surface area contributed by atoms with Gasteiger partial charge in [-0.2, -0.15) is 0 Å². The van der Waals surface area contributed by atoms with E-state index in [0.717, 1.165) is 13.0 Å². The number of anilines is 1. The van der Waals surface area contributed by atoms with E-state index in [9.17, 15) is 19.5 Å². The van der Waals surface area contributed by atoms with Crippen molar-refractivity contribution in [1.29, 1.82) is 0 Å². The first kappa shape index (κ1) is 23.0. The van der Waals surface area contributed by atoms with E-state index in [-0.39, 0.29) is 24.0 Å². The number of likely N-dealkylation sites (tertiary alicyclic amines) is 1. The number of pyridine rings is 1. The van der Waals surface area contributed by atoms with Crippen LogP contribution in [0.5, 0.6) is 0 Å². The number of hydrogen-bond acceptors (Lipinski definition) is 5. The zero-order valence-corrected chi connectivity index (χ0v) is 19.0. The Kier molecular flexibility index (Phi) is 6.80. The lowest BCUT2D eigenvalue weighted by molar-refractivity contribution is -0.126. The molecule has 1 aromatic heterocycles. The predicted molar refractivity (Wildman–Crippen MR) is 125 cm³/mol. The summed E-state index contributed by atoms with van der Waals surface area (Å²) in [7, 11) is 3.94. The summed E-state index contributed by atoms with van der Waals surface area (Å²) in [5.41, 5.74) is 1.16. The number of carbonyl (C=O) groups excluding carboxylic acids is 2. The Morgan fingerprint density at radius 1 is 1.12 bits per heavy atom. The van der Waals surface area contributed by atoms with E-state index in [4.69, 9.17) is 0 Å². The molecule has 4 atom stereocenters. The summed E-state index contributed by atoms with van der Waals surface area (Å²) in [4.78, 5) is 42.8. The van der Waals surface area contributed by atoms with Gasteiger partial charge in [0.2, 0.25) is 5.91 Å². The van der Waals surface area contributed by atoms with Crippen molar-refractivity contribution in [2.24, 2.45) is 11.8 Å². The van der Waals surface area contributed by atoms with E-state index in [2.05, 4.69) is 10.6 Å². The third-order valence-corrected chi connectivity index (χ3v) is 6.56. The third-order valence-electron chi connectivity index (χ3n) is 6.56. The van der Waals surface area contributed by atoms with Crippen molar-refractivity contribution in [3.8, 4) is 0 Å². The van der Waals surface area contributed by atoms with Crippen LogP contribution in [0.1, 0.15) is 18.2 Å². The van der Waals surface area contributed by atoms with Crippen LogP contribution >= 0.6 is 0 Å². The first-order chi connectivity index (χ1) is 15.9. The number of fused-ring (bicyclic) bond motifs is 3. The maximum atomic E-state index is 13.5. The molecule has 3 N–H and O–H groups in total. The number of para-hydroxylation sites is 1. The minimum Gasteiger partial charge on any atom is -0.396 e. The number of nitrogens with zero attached hydrogens (tertiary/aromatic N) is 3. The number of aliphatic hydroxyl groups excluding tert-OH is 1. The lowest BCUT2D eigenvalue weighted by Crippen LogP contribution is -2.51. The van der Waals surface area contributed by atoms with E-state index in [1.807, 2.05) is 43.3 Å². The molecule has 3 amide bonds. The van der Waals surface area contributed by atoms with Gasteiger partial charge in [-0.05, 0) is 45.3 Å². The van der Waals surface area contributed by atoms with Crippen molar-refractivity contribution in [1.82, 2.24) is 19.7 Å². The smallest absolute Gasteiger partial charge is 0.323 e. The average Bonchev–Trinajstić information content (AvgIpc) is 3.32. The molecule has 1 fully saturated rings. The van der Waals surface area contributed by atoms with E-state index < -0.39 is 24.0 Å². The van der Waals surface area contributed by atoms with Crippen LogP contribution in [0.25, 0.3) is 0 Å². The molecule has 0 aliphatic carbocycles. The van der Waals surface area contributed by atoms with Gasteiger partial charge in [0.1, 0.15) is 6.04 Å². The molecule has 0 unspecified atom stereocenters. The monoisotopic (exact) mass is 453 g/mol. The SMILES string of the molecule is CN(C)CCCNC(=O)[C@@H]1[C@@H](CO)[C@@H]2Cn3c(cccc3=O)[C@@H]2N1C(=O)Nc1ccccc1. The molecule has 33 heavy (non-hydrogen) atoms. The maximum absolute atomic E-state index is 13.5. The molecule has 176 valence electrons. The second kappa shape index (κ2) is 9.76. The number of amides is 3. The van der Waals surface area contributed by atoms with Gasteiger partial charge in [0.05, 0.1) is 6.04 Å². The number of carbonyl (C=O) groups is 2. The van der Waals surface area contributed by atoms with Gasteiger partial charge in [-0.3, -0.25) is 9.59 Å². The fourth-order valence-electron chi connectivity index (χ4n) is 5.08. The predicted octanol–water partition coefficient (Wildman–Crippen LogP) is 1.11. The van der Waals surface area contributed by atoms with Gasteiger partial charge < -0.3 is 30.1 Å². The van der Waals surface area contributed by atoms with Crippen LogP contribution in [-0.2, 0) is 11.3 Å². The lowest BCUT2D eigenvalue weighted by atomic mass is 9.88. The molecule has 9 heteroatoms. The summed E-state index contributed by atoms with van der Waals surface area (Å²) >= 11 is 0. The summed E-state index contributed by atoms with van der Waals surface area (Å²) in [6, 6.07) is 12.3. The molecule has 2 aliphatic heterocycles. The summed E-state index contributed by atoms with van der Waals surface area (Å²) in [6.45, 7) is 1.42. The van der Waals surface area contributed by atoms with Crippen LogP contribution in [0.4, 0.5) is 10.5 Å². The van der Waals surface area contributed by atoms with E-state index in [1.54, 1.807) is 22.8 Å². The van der Waals surface area contributed by atoms with Gasteiger partial charge >= 0.3 is 6.03 Å². The molecule has 2 aromatic rings. The number of urea groups is 1. The number of rotatable bonds is 7. The van der Waals surface area contributed by atoms with Crippen molar-refractivity contribution in [2.45, 2.75) is 25.0 Å². The molecule has 4 rings (SSSR count). The first-order valence-corrected chi connectivity index (χ1v) is 11.3. The van der Waals surface area contributed by atoms with E-state index in [0.29, 0.717) is 24.5 Å². The third kappa shape index (κ3) is 4.51. The van der Waals surface area contributed by atoms with Crippen molar-refractivity contribution in [3.63, 3.8) is 0 Å². The van der Waals surface area contributed by atoms with Gasteiger partial charge in [0, 0.05) is 49.0 Å². The van der Waals surface area contributed by atoms with Crippen molar-refractivity contribution >= 4 is 17.6 Å². The maximum Gasteiger partial charge on any atom is 0.323 e. The molecule has 0 bridgehead atoms. The number of nitrogens with one attached hydrogen (secondary N) is 2. The fourth-order valence-corrected chi connectivity index (χ4v) is 5.08. The molecule has 2 aliphatic rings. The van der Waals surface area contributed by atoms with Gasteiger partial charge in [-0.15, -0.1) is 0 Å². The highest BCUT2D eigenvalue weighted by atomic mass is 16.3. The van der Waals surface area contributed by atoms with Crippen molar-refractivity contribution in [2.75, 3.05) is 39.1 Å². The number of benzene rings is 1. The van der Waals surface area contributed by atoms with Crippen LogP contribution in [0.2, 0.25) is 0 Å². The first-order valence-electron chi connectivity index (χ1n) is 11.3. The molecule has 9 nitrogen and oxygen atoms in total. The topological polar surface area (TPSA) is 107 Å².